The Hall–Kier alpha value is -4.63. The monoisotopic (exact) mass is 742 g/mol. The molecule has 0 unspecified atom stereocenters. The van der Waals surface area contributed by atoms with Crippen LogP contribution in [0.3, 0.4) is 0 Å². The fourth-order valence-corrected chi connectivity index (χ4v) is 6.03. The highest BCUT2D eigenvalue weighted by atomic mass is 16.4. The number of carbonyl (C=O) groups excluding carboxylic acids is 5. The highest BCUT2D eigenvalue weighted by Crippen LogP contribution is 2.23. The van der Waals surface area contributed by atoms with Gasteiger partial charge in [-0.3, -0.25) is 28.8 Å². The van der Waals surface area contributed by atoms with E-state index < -0.39 is 60.1 Å². The average Bonchev–Trinajstić information content (AvgIpc) is 3.52. The van der Waals surface area contributed by atoms with Crippen LogP contribution in [0.2, 0.25) is 0 Å². The van der Waals surface area contributed by atoms with Crippen LogP contribution in [0.15, 0.2) is 30.5 Å². The third-order valence-electron chi connectivity index (χ3n) is 9.07. The molecular weight excluding hydrogens is 684 g/mol. The summed E-state index contributed by atoms with van der Waals surface area (Å²) in [5.74, 6) is -5.61. The van der Waals surface area contributed by atoms with Crippen molar-refractivity contribution in [1.29, 1.82) is 0 Å². The molecule has 0 aliphatic rings. The molecule has 3 amide bonds. The van der Waals surface area contributed by atoms with E-state index in [0.717, 1.165) is 42.7 Å². The van der Waals surface area contributed by atoms with E-state index in [1.165, 1.54) is 25.7 Å². The topological polar surface area (TPSA) is 250 Å². The predicted molar refractivity (Wildman–Crippen MR) is 200 cm³/mol. The first-order valence-electron chi connectivity index (χ1n) is 18.7. The Morgan fingerprint density at radius 1 is 0.811 bits per heavy atom. The number of carbonyl (C=O) groups is 7. The first-order valence-corrected chi connectivity index (χ1v) is 18.7. The zero-order valence-corrected chi connectivity index (χ0v) is 31.0. The molecule has 0 spiro atoms. The third-order valence-corrected chi connectivity index (χ3v) is 9.07. The molecule has 0 saturated carbocycles. The number of nitrogens with two attached hydrogens (primary N) is 1. The lowest BCUT2D eigenvalue weighted by molar-refractivity contribution is -0.143. The second kappa shape index (κ2) is 24.6. The van der Waals surface area contributed by atoms with Gasteiger partial charge in [-0.2, -0.15) is 0 Å². The van der Waals surface area contributed by atoms with Crippen LogP contribution in [0.5, 0.6) is 0 Å². The number of aliphatic carboxylic acids is 2. The minimum atomic E-state index is -1.46. The van der Waals surface area contributed by atoms with Gasteiger partial charge in [-0.15, -0.1) is 0 Å². The molecule has 15 nitrogen and oxygen atoms in total. The third kappa shape index (κ3) is 17.6. The van der Waals surface area contributed by atoms with E-state index in [1.807, 2.05) is 24.3 Å². The number of carboxylic acid groups (broad SMARTS) is 2. The number of unbranched alkanes of at least 4 members (excludes halogenated alkanes) is 6. The molecule has 0 aliphatic heterocycles. The van der Waals surface area contributed by atoms with Gasteiger partial charge in [-0.05, 0) is 50.3 Å². The molecule has 0 aliphatic carbocycles. The van der Waals surface area contributed by atoms with E-state index in [1.54, 1.807) is 6.20 Å². The number of nitrogens with one attached hydrogen (secondary N) is 5. The number of aromatic amines is 1. The van der Waals surface area contributed by atoms with Crippen molar-refractivity contribution in [1.82, 2.24) is 26.3 Å². The van der Waals surface area contributed by atoms with Gasteiger partial charge in [-0.25, -0.2) is 4.79 Å². The van der Waals surface area contributed by atoms with Crippen LogP contribution in [0, 0.1) is 5.92 Å². The quantitative estimate of drug-likeness (QED) is 0.0563. The summed E-state index contributed by atoms with van der Waals surface area (Å²) in [6.45, 7) is 3.72. The maximum absolute atomic E-state index is 13.5. The second-order valence-corrected chi connectivity index (χ2v) is 13.6. The molecule has 0 saturated heterocycles. The van der Waals surface area contributed by atoms with Gasteiger partial charge in [0, 0.05) is 55.7 Å². The van der Waals surface area contributed by atoms with Crippen molar-refractivity contribution in [2.45, 2.75) is 122 Å². The van der Waals surface area contributed by atoms with Crippen LogP contribution in [0.25, 0.3) is 10.9 Å². The molecular formula is C38H58N6O9. The fraction of sp³-hybridized carbons (Fsp3) is 0.605. The van der Waals surface area contributed by atoms with E-state index in [0.29, 0.717) is 13.0 Å². The molecule has 2 aromatic rings. The fourth-order valence-electron chi connectivity index (χ4n) is 6.03. The van der Waals surface area contributed by atoms with Crippen LogP contribution in [-0.2, 0) is 40.0 Å². The smallest absolute Gasteiger partial charge is 0.326 e. The van der Waals surface area contributed by atoms with Gasteiger partial charge in [0.2, 0.25) is 17.7 Å². The summed E-state index contributed by atoms with van der Waals surface area (Å²) in [6, 6.07) is 3.93. The number of hydrogen-bond donors (Lipinski definition) is 8. The van der Waals surface area contributed by atoms with Crippen molar-refractivity contribution in [2.24, 2.45) is 11.7 Å². The summed E-state index contributed by atoms with van der Waals surface area (Å²) in [7, 11) is 0. The summed E-state index contributed by atoms with van der Waals surface area (Å²) in [4.78, 5) is 89.5. The maximum atomic E-state index is 13.5. The SMILES string of the molecule is CCCCCCCCCC(=O)CNCC[C@H](N)C(=O)C[C@H](Cc1c[nH]c2ccccc12)C(=O)NCC[C@H](NC(=O)[C@@H](CCC(=O)O)NC(C)=O)C(=O)O. The van der Waals surface area contributed by atoms with Gasteiger partial charge in [0.25, 0.3) is 0 Å². The van der Waals surface area contributed by atoms with E-state index in [9.17, 15) is 38.7 Å². The van der Waals surface area contributed by atoms with Crippen LogP contribution in [0.1, 0.15) is 103 Å². The Balaban J connectivity index is 1.96. The minimum Gasteiger partial charge on any atom is -0.481 e. The van der Waals surface area contributed by atoms with Crippen molar-refractivity contribution >= 4 is 52.1 Å². The minimum absolute atomic E-state index is 0.115. The van der Waals surface area contributed by atoms with Gasteiger partial charge in [0.05, 0.1) is 12.6 Å². The highest BCUT2D eigenvalue weighted by Gasteiger charge is 2.29. The Morgan fingerprint density at radius 3 is 2.19 bits per heavy atom. The number of amides is 3. The Kier molecular flexibility index (Phi) is 20.7. The number of ketones is 2. The number of para-hydroxylation sites is 1. The summed E-state index contributed by atoms with van der Waals surface area (Å²) in [5.41, 5.74) is 7.90. The molecule has 1 aromatic heterocycles. The van der Waals surface area contributed by atoms with Crippen LogP contribution >= 0.6 is 0 Å². The summed E-state index contributed by atoms with van der Waals surface area (Å²) < 4.78 is 0. The van der Waals surface area contributed by atoms with E-state index in [2.05, 4.69) is 33.2 Å². The van der Waals surface area contributed by atoms with Gasteiger partial charge in [-0.1, -0.05) is 63.6 Å². The number of rotatable bonds is 29. The molecule has 2 rings (SSSR count). The lowest BCUT2D eigenvalue weighted by Gasteiger charge is -2.22. The van der Waals surface area contributed by atoms with Crippen molar-refractivity contribution in [3.8, 4) is 0 Å². The summed E-state index contributed by atoms with van der Waals surface area (Å²) in [5, 5.41) is 30.0. The molecule has 0 radical (unpaired) electrons. The normalized spacial score (nSPS) is 13.4. The number of H-pyrrole nitrogens is 1. The standard InChI is InChI=1S/C38H58N6O9/c1-3-4-5-6-7-8-9-12-28(46)24-40-19-17-30(39)34(47)22-26(21-27-23-42-31-14-11-10-13-29(27)31)36(50)41-20-18-33(38(52)53)44-37(51)32(43-25(2)45)15-16-35(48)49/h10-11,13-14,23,26,30,32-33,40,42H,3-9,12,15-22,24,39H2,1-2H3,(H,41,50)(H,43,45)(H,44,51)(H,48,49)(H,52,53)/t26-,30-,32+,33-/m0/s1. The molecule has 15 heteroatoms. The van der Waals surface area contributed by atoms with E-state index in [-0.39, 0.29) is 56.8 Å². The van der Waals surface area contributed by atoms with Gasteiger partial charge >= 0.3 is 11.9 Å². The zero-order chi connectivity index (χ0) is 39.2. The number of Topliss-reactive ketones (excluding diaryl/α,β-unsaturated/α-hetero) is 2. The first kappa shape index (κ1) is 44.5. The van der Waals surface area contributed by atoms with Gasteiger partial charge < -0.3 is 42.2 Å². The molecule has 1 heterocycles. The van der Waals surface area contributed by atoms with Crippen LogP contribution in [-0.4, -0.2) is 94.2 Å². The lowest BCUT2D eigenvalue weighted by atomic mass is 9.90. The van der Waals surface area contributed by atoms with Crippen LogP contribution < -0.4 is 27.0 Å². The highest BCUT2D eigenvalue weighted by molar-refractivity contribution is 5.92. The second-order valence-electron chi connectivity index (χ2n) is 13.6. The van der Waals surface area contributed by atoms with Crippen molar-refractivity contribution in [3.05, 3.63) is 36.0 Å². The van der Waals surface area contributed by atoms with Crippen molar-refractivity contribution in [2.75, 3.05) is 19.6 Å². The predicted octanol–water partition coefficient (Wildman–Crippen LogP) is 2.75. The van der Waals surface area contributed by atoms with Crippen molar-refractivity contribution in [3.63, 3.8) is 0 Å². The molecule has 9 N–H and O–H groups in total. The van der Waals surface area contributed by atoms with Gasteiger partial charge in [0.1, 0.15) is 23.7 Å². The average molecular weight is 743 g/mol. The Labute approximate surface area is 311 Å². The van der Waals surface area contributed by atoms with E-state index in [4.69, 9.17) is 10.8 Å². The van der Waals surface area contributed by atoms with E-state index >= 15 is 0 Å². The number of fused-ring (bicyclic) bond motifs is 1. The Morgan fingerprint density at radius 2 is 1.51 bits per heavy atom. The number of hydrogen-bond acceptors (Lipinski definition) is 9. The summed E-state index contributed by atoms with van der Waals surface area (Å²) >= 11 is 0. The first-order chi connectivity index (χ1) is 25.3. The maximum Gasteiger partial charge on any atom is 0.326 e. The largest absolute Gasteiger partial charge is 0.481 e. The zero-order valence-electron chi connectivity index (χ0n) is 31.0. The molecule has 0 bridgehead atoms. The van der Waals surface area contributed by atoms with Crippen molar-refractivity contribution < 1.29 is 43.8 Å². The Bertz CT molecular complexity index is 1510. The molecule has 294 valence electrons. The number of aromatic nitrogens is 1. The molecule has 1 aromatic carbocycles. The van der Waals surface area contributed by atoms with Gasteiger partial charge in [0.15, 0.2) is 0 Å². The molecule has 53 heavy (non-hydrogen) atoms. The number of benzene rings is 1. The number of carboxylic acids is 2. The molecule has 4 atom stereocenters. The van der Waals surface area contributed by atoms with Crippen LogP contribution in [0.4, 0.5) is 0 Å². The molecule has 0 fully saturated rings. The lowest BCUT2D eigenvalue weighted by Crippen LogP contribution is -2.52. The summed E-state index contributed by atoms with van der Waals surface area (Å²) in [6.07, 6.45) is 9.59.